The van der Waals surface area contributed by atoms with Gasteiger partial charge in [-0.15, -0.1) is 0 Å². The Balaban J connectivity index is 2.28. The van der Waals surface area contributed by atoms with Crippen LogP contribution in [0.2, 0.25) is 0 Å². The Morgan fingerprint density at radius 2 is 2.00 bits per heavy atom. The lowest BCUT2D eigenvalue weighted by atomic mass is 9.70. The van der Waals surface area contributed by atoms with Gasteiger partial charge in [0.1, 0.15) is 0 Å². The van der Waals surface area contributed by atoms with Crippen LogP contribution >= 0.6 is 0 Å². The molecule has 1 amide bonds. The van der Waals surface area contributed by atoms with Crippen LogP contribution in [0.25, 0.3) is 0 Å². The zero-order valence-corrected chi connectivity index (χ0v) is 14.9. The van der Waals surface area contributed by atoms with Crippen LogP contribution < -0.4 is 0 Å². The molecule has 1 aliphatic heterocycles. The number of ether oxygens (including phenoxy) is 1. The van der Waals surface area contributed by atoms with Gasteiger partial charge >= 0.3 is 6.18 Å². The van der Waals surface area contributed by atoms with E-state index in [4.69, 9.17) is 4.74 Å². The fourth-order valence-electron chi connectivity index (χ4n) is 3.24. The Kier molecular flexibility index (Phi) is 5.21. The number of aliphatic hydroxyl groups is 1. The van der Waals surface area contributed by atoms with Crippen molar-refractivity contribution in [3.05, 3.63) is 34.9 Å². The quantitative estimate of drug-likeness (QED) is 0.901. The molecule has 0 bridgehead atoms. The van der Waals surface area contributed by atoms with E-state index in [1.54, 1.807) is 6.92 Å². The van der Waals surface area contributed by atoms with Crippen molar-refractivity contribution in [2.45, 2.75) is 39.0 Å². The summed E-state index contributed by atoms with van der Waals surface area (Å²) >= 11 is 0. The third-order valence-electron chi connectivity index (χ3n) is 5.11. The molecule has 1 aliphatic rings. The number of benzene rings is 1. The van der Waals surface area contributed by atoms with Gasteiger partial charge in [-0.1, -0.05) is 19.9 Å². The maximum atomic E-state index is 12.9. The summed E-state index contributed by atoms with van der Waals surface area (Å²) in [5.41, 5.74) is -2.03. The Labute approximate surface area is 145 Å². The number of piperidine rings is 1. The van der Waals surface area contributed by atoms with Crippen LogP contribution in [-0.4, -0.2) is 48.3 Å². The van der Waals surface area contributed by atoms with E-state index in [1.807, 2.05) is 13.8 Å². The summed E-state index contributed by atoms with van der Waals surface area (Å²) in [5, 5.41) is 10.8. The first-order chi connectivity index (χ1) is 11.4. The Bertz CT molecular complexity index is 657. The largest absolute Gasteiger partial charge is 0.416 e. The van der Waals surface area contributed by atoms with Crippen molar-refractivity contribution >= 4 is 5.91 Å². The molecule has 140 valence electrons. The first-order valence-electron chi connectivity index (χ1n) is 8.10. The van der Waals surface area contributed by atoms with Gasteiger partial charge in [0.25, 0.3) is 5.91 Å². The monoisotopic (exact) mass is 359 g/mol. The van der Waals surface area contributed by atoms with E-state index < -0.39 is 28.7 Å². The van der Waals surface area contributed by atoms with Crippen molar-refractivity contribution in [1.29, 1.82) is 0 Å². The van der Waals surface area contributed by atoms with Crippen molar-refractivity contribution in [1.82, 2.24) is 4.90 Å². The maximum absolute atomic E-state index is 12.9. The van der Waals surface area contributed by atoms with E-state index in [1.165, 1.54) is 18.1 Å². The van der Waals surface area contributed by atoms with Gasteiger partial charge in [-0.2, -0.15) is 13.2 Å². The van der Waals surface area contributed by atoms with Crippen LogP contribution in [0.5, 0.6) is 0 Å². The number of aryl methyl sites for hydroxylation is 1. The van der Waals surface area contributed by atoms with Crippen molar-refractivity contribution < 1.29 is 27.8 Å². The highest BCUT2D eigenvalue weighted by Crippen LogP contribution is 2.39. The van der Waals surface area contributed by atoms with Crippen molar-refractivity contribution in [2.24, 2.45) is 5.41 Å². The summed E-state index contributed by atoms with van der Waals surface area (Å²) in [6.45, 7) is 5.91. The van der Waals surface area contributed by atoms with Gasteiger partial charge in [-0.05, 0) is 31.0 Å². The molecule has 0 unspecified atom stereocenters. The number of likely N-dealkylation sites (tertiary alicyclic amines) is 1. The van der Waals surface area contributed by atoms with Gasteiger partial charge in [-0.25, -0.2) is 0 Å². The molecule has 25 heavy (non-hydrogen) atoms. The highest BCUT2D eigenvalue weighted by molar-refractivity contribution is 5.96. The number of alkyl halides is 3. The van der Waals surface area contributed by atoms with E-state index in [9.17, 15) is 23.1 Å². The zero-order chi connectivity index (χ0) is 19.0. The molecule has 1 atom stereocenters. The van der Waals surface area contributed by atoms with Gasteiger partial charge < -0.3 is 14.7 Å². The lowest BCUT2D eigenvalue weighted by molar-refractivity contribution is -0.144. The maximum Gasteiger partial charge on any atom is 0.416 e. The minimum Gasteiger partial charge on any atom is -0.387 e. The predicted molar refractivity (Wildman–Crippen MR) is 87.3 cm³/mol. The molecule has 0 aromatic heterocycles. The van der Waals surface area contributed by atoms with Crippen molar-refractivity contribution in [3.8, 4) is 0 Å². The van der Waals surface area contributed by atoms with Crippen LogP contribution in [0.3, 0.4) is 0 Å². The zero-order valence-electron chi connectivity index (χ0n) is 14.9. The number of methoxy groups -OCH3 is 1. The minimum atomic E-state index is -4.50. The summed E-state index contributed by atoms with van der Waals surface area (Å²) < 4.78 is 43.9. The molecule has 1 fully saturated rings. The van der Waals surface area contributed by atoms with Crippen LogP contribution in [0, 0.1) is 12.3 Å². The molecule has 1 N–H and O–H groups in total. The van der Waals surface area contributed by atoms with Crippen LogP contribution in [-0.2, 0) is 10.9 Å². The smallest absolute Gasteiger partial charge is 0.387 e. The first-order valence-corrected chi connectivity index (χ1v) is 8.10. The number of halogens is 3. The highest BCUT2D eigenvalue weighted by atomic mass is 19.4. The number of rotatable bonds is 3. The average Bonchev–Trinajstić information content (AvgIpc) is 2.49. The van der Waals surface area contributed by atoms with Gasteiger partial charge in [-0.3, -0.25) is 4.79 Å². The number of hydrogen-bond donors (Lipinski definition) is 1. The first kappa shape index (κ1) is 19.7. The van der Waals surface area contributed by atoms with E-state index in [2.05, 4.69) is 0 Å². The molecule has 1 saturated heterocycles. The topological polar surface area (TPSA) is 49.8 Å². The molecule has 1 heterocycles. The molecule has 0 saturated carbocycles. The fraction of sp³-hybridized carbons (Fsp3) is 0.611. The average molecular weight is 359 g/mol. The van der Waals surface area contributed by atoms with E-state index >= 15 is 0 Å². The Morgan fingerprint density at radius 3 is 2.52 bits per heavy atom. The Morgan fingerprint density at radius 1 is 1.36 bits per heavy atom. The van der Waals surface area contributed by atoms with Crippen molar-refractivity contribution in [3.63, 3.8) is 0 Å². The number of nitrogens with zero attached hydrogens (tertiary/aromatic N) is 1. The standard InChI is InChI=1S/C18H24F3NO3/c1-12-5-6-13(18(19,20)21)9-14(12)15(23)22-8-7-17(24,11-25-4)16(2,3)10-22/h5-6,9,24H,7-8,10-11H2,1-4H3/t17-/m1/s1. The number of carbonyl (C=O) groups excluding carboxylic acids is 1. The summed E-state index contributed by atoms with van der Waals surface area (Å²) in [6.07, 6.45) is -4.19. The second kappa shape index (κ2) is 6.61. The Hall–Kier alpha value is -1.60. The molecule has 2 rings (SSSR count). The molecule has 4 nitrogen and oxygen atoms in total. The predicted octanol–water partition coefficient (Wildman–Crippen LogP) is 3.26. The van der Waals surface area contributed by atoms with Gasteiger partial charge in [0.2, 0.25) is 0 Å². The van der Waals surface area contributed by atoms with Gasteiger partial charge in [0.15, 0.2) is 0 Å². The minimum absolute atomic E-state index is 0.0443. The van der Waals surface area contributed by atoms with E-state index in [-0.39, 0.29) is 25.3 Å². The fourth-order valence-corrected chi connectivity index (χ4v) is 3.24. The molecular weight excluding hydrogens is 335 g/mol. The molecule has 0 radical (unpaired) electrons. The summed E-state index contributed by atoms with van der Waals surface area (Å²) in [7, 11) is 1.50. The highest BCUT2D eigenvalue weighted by Gasteiger charge is 2.48. The molecule has 7 heteroatoms. The summed E-state index contributed by atoms with van der Waals surface area (Å²) in [6, 6.07) is 3.19. The summed E-state index contributed by atoms with van der Waals surface area (Å²) in [4.78, 5) is 14.3. The number of carbonyl (C=O) groups is 1. The van der Waals surface area contributed by atoms with Crippen LogP contribution in [0.15, 0.2) is 18.2 Å². The lowest BCUT2D eigenvalue weighted by Crippen LogP contribution is -2.60. The molecule has 0 spiro atoms. The van der Waals surface area contributed by atoms with E-state index in [0.717, 1.165) is 12.1 Å². The van der Waals surface area contributed by atoms with E-state index in [0.29, 0.717) is 12.0 Å². The number of amides is 1. The second-order valence-electron chi connectivity index (χ2n) is 7.35. The summed E-state index contributed by atoms with van der Waals surface area (Å²) in [5.74, 6) is -0.448. The van der Waals surface area contributed by atoms with Crippen LogP contribution in [0.4, 0.5) is 13.2 Å². The van der Waals surface area contributed by atoms with Gasteiger partial charge in [0.05, 0.1) is 17.8 Å². The van der Waals surface area contributed by atoms with Crippen LogP contribution in [0.1, 0.15) is 41.8 Å². The van der Waals surface area contributed by atoms with Crippen molar-refractivity contribution in [2.75, 3.05) is 26.8 Å². The third-order valence-corrected chi connectivity index (χ3v) is 5.11. The SMILES string of the molecule is COC[C@]1(O)CCN(C(=O)c2cc(C(F)(F)F)ccc2C)CC1(C)C. The molecular formula is C18H24F3NO3. The normalized spacial score (nSPS) is 23.6. The lowest BCUT2D eigenvalue weighted by Gasteiger charge is -2.50. The number of hydrogen-bond acceptors (Lipinski definition) is 3. The molecule has 1 aromatic rings. The molecule has 1 aromatic carbocycles. The van der Waals surface area contributed by atoms with Gasteiger partial charge in [0, 0.05) is 31.2 Å². The second-order valence-corrected chi connectivity index (χ2v) is 7.35. The molecule has 0 aliphatic carbocycles. The third kappa shape index (κ3) is 3.82.